The van der Waals surface area contributed by atoms with Gasteiger partial charge in [-0.05, 0) is 0 Å². The van der Waals surface area contributed by atoms with Crippen LogP contribution in [0.2, 0.25) is 0 Å². The van der Waals surface area contributed by atoms with E-state index in [0.29, 0.717) is 6.41 Å². The summed E-state index contributed by atoms with van der Waals surface area (Å²) in [5.74, 6) is 0. The second kappa shape index (κ2) is 9.99. The summed E-state index contributed by atoms with van der Waals surface area (Å²) in [6.45, 7) is 0. The normalized spacial score (nSPS) is 4.20. The lowest BCUT2D eigenvalue weighted by Crippen LogP contribution is -1.98. The molecule has 0 aromatic heterocycles. The molecule has 0 atom stereocenters. The molecule has 0 spiro atoms. The van der Waals surface area contributed by atoms with Gasteiger partial charge in [0.05, 0.1) is 0 Å². The maximum atomic E-state index is 9.06. The first-order valence-corrected chi connectivity index (χ1v) is 1.02. The first-order chi connectivity index (χ1) is 1.91. The fourth-order valence-corrected chi connectivity index (χ4v) is 0. The van der Waals surface area contributed by atoms with E-state index in [1.54, 1.807) is 7.05 Å². The van der Waals surface area contributed by atoms with Crippen molar-refractivity contribution in [2.75, 3.05) is 7.05 Å². The van der Waals surface area contributed by atoms with Gasteiger partial charge in [-0.2, -0.15) is 0 Å². The Kier molecular flexibility index (Phi) is 17.6. The number of hydrogen-bond donors (Lipinski definition) is 1. The number of carbonyl (C=O) groups excluding carboxylic acids is 1. The van der Waals surface area contributed by atoms with Crippen molar-refractivity contribution in [1.82, 2.24) is 5.32 Å². The van der Waals surface area contributed by atoms with Crippen molar-refractivity contribution in [1.29, 1.82) is 0 Å². The fourth-order valence-electron chi connectivity index (χ4n) is 0. The van der Waals surface area contributed by atoms with Crippen LogP contribution in [0.3, 0.4) is 0 Å². The quantitative estimate of drug-likeness (QED) is 0.422. The molecule has 1 amide bonds. The maximum absolute atomic E-state index is 9.06. The Labute approximate surface area is 29.5 Å². The molecule has 0 aliphatic rings. The van der Waals surface area contributed by atoms with E-state index in [0.717, 1.165) is 0 Å². The average molecular weight is 79.1 g/mol. The van der Waals surface area contributed by atoms with E-state index in [4.69, 9.17) is 4.79 Å². The Balaban J connectivity index is 0. The van der Waals surface area contributed by atoms with E-state index in [1.807, 2.05) is 0 Å². The van der Waals surface area contributed by atoms with Gasteiger partial charge in [-0.15, -0.1) is 0 Å². The third kappa shape index (κ3) is 41.7. The lowest BCUT2D eigenvalue weighted by molar-refractivity contribution is -0.109. The number of carbonyl (C=O) groups is 1. The van der Waals surface area contributed by atoms with Gasteiger partial charge in [-0.3, -0.25) is 9.50 Å². The number of halogens is 1. The monoisotopic (exact) mass is 79.0 g/mol. The highest BCUT2D eigenvalue weighted by molar-refractivity contribution is 5.44. The van der Waals surface area contributed by atoms with Crippen molar-refractivity contribution in [2.45, 2.75) is 0 Å². The highest BCUT2D eigenvalue weighted by atomic mass is 19.0. The van der Waals surface area contributed by atoms with Crippen LogP contribution in [0.25, 0.3) is 0 Å². The van der Waals surface area contributed by atoms with Crippen LogP contribution in [0.15, 0.2) is 0 Å². The van der Waals surface area contributed by atoms with Crippen LogP contribution in [0.4, 0.5) is 4.70 Å². The molecule has 0 rings (SSSR count). The molecule has 0 fully saturated rings. The van der Waals surface area contributed by atoms with Crippen LogP contribution < -0.4 is 5.32 Å². The van der Waals surface area contributed by atoms with Crippen molar-refractivity contribution in [2.24, 2.45) is 0 Å². The Morgan fingerprint density at radius 3 is 2.00 bits per heavy atom. The molecule has 0 aromatic rings. The molecule has 5 heavy (non-hydrogen) atoms. The van der Waals surface area contributed by atoms with Crippen LogP contribution in [-0.4, -0.2) is 13.5 Å². The molecule has 32 valence electrons. The van der Waals surface area contributed by atoms with E-state index < -0.39 is 0 Å². The van der Waals surface area contributed by atoms with Crippen molar-refractivity contribution >= 4 is 6.41 Å². The molecule has 1 N–H and O–H groups in total. The summed E-state index contributed by atoms with van der Waals surface area (Å²) in [5.41, 5.74) is 0. The molecule has 0 unspecified atom stereocenters. The fraction of sp³-hybridized carbons (Fsp3) is 0.500. The lowest BCUT2D eigenvalue weighted by Gasteiger charge is -1.64. The third-order valence-electron chi connectivity index (χ3n) is 0.118. The van der Waals surface area contributed by atoms with Gasteiger partial charge < -0.3 is 5.32 Å². The number of rotatable bonds is 1. The standard InChI is InChI=1S/C2H5NO.FH/c1-3-2-4;/h2H,1H3,(H,3,4);1H. The summed E-state index contributed by atoms with van der Waals surface area (Å²) in [7, 11) is 1.56. The van der Waals surface area contributed by atoms with Gasteiger partial charge in [-0.1, -0.05) is 0 Å². The number of amides is 1. The zero-order valence-electron chi connectivity index (χ0n) is 2.89. The highest BCUT2D eigenvalue weighted by Gasteiger charge is 1.43. The highest BCUT2D eigenvalue weighted by Crippen LogP contribution is 1.09. The second-order valence-corrected chi connectivity index (χ2v) is 0.407. The molecular weight excluding hydrogens is 73.0 g/mol. The minimum absolute atomic E-state index is 0. The number of nitrogens with one attached hydrogen (secondary N) is 1. The van der Waals surface area contributed by atoms with E-state index >= 15 is 0 Å². The first kappa shape index (κ1) is 8.83. The molecule has 0 aliphatic carbocycles. The molecule has 0 saturated carbocycles. The predicted molar refractivity (Wildman–Crippen MR) is 17.6 cm³/mol. The van der Waals surface area contributed by atoms with Crippen LogP contribution in [0.5, 0.6) is 0 Å². The first-order valence-electron chi connectivity index (χ1n) is 1.02. The molecule has 0 aromatic carbocycles. The zero-order chi connectivity index (χ0) is 3.41. The van der Waals surface area contributed by atoms with Gasteiger partial charge in [0.15, 0.2) is 0 Å². The molecule has 0 aliphatic heterocycles. The average Bonchev–Trinajstić information content (AvgIpc) is 1.37. The van der Waals surface area contributed by atoms with Crippen LogP contribution in [0.1, 0.15) is 0 Å². The molecule has 0 saturated heterocycles. The Morgan fingerprint density at radius 1 is 1.80 bits per heavy atom. The van der Waals surface area contributed by atoms with Crippen LogP contribution >= 0.6 is 0 Å². The smallest absolute Gasteiger partial charge is 0.206 e. The summed E-state index contributed by atoms with van der Waals surface area (Å²) in [4.78, 5) is 9.06. The van der Waals surface area contributed by atoms with Crippen LogP contribution in [-0.2, 0) is 4.79 Å². The molecule has 0 heterocycles. The van der Waals surface area contributed by atoms with Gasteiger partial charge in [0.25, 0.3) is 0 Å². The van der Waals surface area contributed by atoms with E-state index in [1.165, 1.54) is 0 Å². The molecular formula is C2H6FNO. The summed E-state index contributed by atoms with van der Waals surface area (Å²) in [5, 5.41) is 2.25. The zero-order valence-corrected chi connectivity index (χ0v) is 2.89. The predicted octanol–water partition coefficient (Wildman–Crippen LogP) is -0.485. The SMILES string of the molecule is CNC=O.F. The Morgan fingerprint density at radius 2 is 2.00 bits per heavy atom. The lowest BCUT2D eigenvalue weighted by atomic mass is 11.2. The minimum atomic E-state index is 0. The summed E-state index contributed by atoms with van der Waals surface area (Å²) in [6.07, 6.45) is 0.625. The van der Waals surface area contributed by atoms with Crippen LogP contribution in [0, 0.1) is 0 Å². The van der Waals surface area contributed by atoms with Gasteiger partial charge >= 0.3 is 0 Å². The molecule has 3 heteroatoms. The summed E-state index contributed by atoms with van der Waals surface area (Å²) < 4.78 is 0. The van der Waals surface area contributed by atoms with Gasteiger partial charge in [-0.25, -0.2) is 0 Å². The van der Waals surface area contributed by atoms with Crippen molar-refractivity contribution in [3.8, 4) is 0 Å². The maximum Gasteiger partial charge on any atom is 0.206 e. The van der Waals surface area contributed by atoms with Crippen molar-refractivity contribution < 1.29 is 9.50 Å². The topological polar surface area (TPSA) is 29.1 Å². The summed E-state index contributed by atoms with van der Waals surface area (Å²) >= 11 is 0. The van der Waals surface area contributed by atoms with Gasteiger partial charge in [0.1, 0.15) is 0 Å². The van der Waals surface area contributed by atoms with Crippen molar-refractivity contribution in [3.05, 3.63) is 0 Å². The minimum Gasteiger partial charge on any atom is -0.362 e. The van der Waals surface area contributed by atoms with E-state index in [9.17, 15) is 0 Å². The van der Waals surface area contributed by atoms with Gasteiger partial charge in [0.2, 0.25) is 6.41 Å². The third-order valence-corrected chi connectivity index (χ3v) is 0.118. The number of hydrogen-bond acceptors (Lipinski definition) is 1. The van der Waals surface area contributed by atoms with Gasteiger partial charge in [0, 0.05) is 7.05 Å². The Bertz CT molecular complexity index is 23.6. The van der Waals surface area contributed by atoms with Crippen molar-refractivity contribution in [3.63, 3.8) is 0 Å². The second-order valence-electron chi connectivity index (χ2n) is 0.407. The molecule has 2 nitrogen and oxygen atoms in total. The van der Waals surface area contributed by atoms with E-state index in [2.05, 4.69) is 5.32 Å². The summed E-state index contributed by atoms with van der Waals surface area (Å²) in [6, 6.07) is 0. The molecule has 0 bridgehead atoms. The molecule has 0 radical (unpaired) electrons. The largest absolute Gasteiger partial charge is 0.362 e. The van der Waals surface area contributed by atoms with E-state index in [-0.39, 0.29) is 4.70 Å². The Hall–Kier alpha value is -0.600.